The van der Waals surface area contributed by atoms with Crippen LogP contribution in [0.2, 0.25) is 6.55 Å². The molecule has 33 heavy (non-hydrogen) atoms. The summed E-state index contributed by atoms with van der Waals surface area (Å²) < 4.78 is 0. The molecule has 0 saturated heterocycles. The Kier molecular flexibility index (Phi) is 12.1. The summed E-state index contributed by atoms with van der Waals surface area (Å²) in [5.41, 5.74) is 8.65. The summed E-state index contributed by atoms with van der Waals surface area (Å²) in [6.07, 6.45) is 0. The van der Waals surface area contributed by atoms with E-state index in [1.807, 2.05) is 18.2 Å². The zero-order valence-electron chi connectivity index (χ0n) is 22.5. The number of halogens is 2. The molecule has 0 bridgehead atoms. The Morgan fingerprint density at radius 3 is 1.27 bits per heavy atom. The van der Waals surface area contributed by atoms with Gasteiger partial charge in [-0.3, -0.25) is 0 Å². The number of benzene rings is 1. The molecule has 0 radical (unpaired) electrons. The molecule has 0 unspecified atom stereocenters. The summed E-state index contributed by atoms with van der Waals surface area (Å²) >= 11 is -2.10. The quantitative estimate of drug-likeness (QED) is 0.179. The molecule has 0 atom stereocenters. The molecule has 3 aromatic carbocycles. The third kappa shape index (κ3) is 10.4. The maximum absolute atomic E-state index is 5.99. The van der Waals surface area contributed by atoms with Crippen molar-refractivity contribution >= 4 is 27.8 Å². The van der Waals surface area contributed by atoms with E-state index >= 15 is 0 Å². The molecule has 0 aliphatic carbocycles. The van der Waals surface area contributed by atoms with Crippen LogP contribution in [-0.2, 0) is 28.5 Å². The van der Waals surface area contributed by atoms with Crippen LogP contribution in [0.3, 0.4) is 0 Å². The SMILES string of the molecule is C[Si](c1ccccc1)=[Hf]([Cl])[Cl].Cc1cc(C(C)(C)C)c(C)[cH-]1.Cc1cc(C(C)(C)C)c(C)[cH-]1. The van der Waals surface area contributed by atoms with Gasteiger partial charge in [0, 0.05) is 0 Å². The van der Waals surface area contributed by atoms with Crippen LogP contribution in [0, 0.1) is 27.7 Å². The molecule has 0 spiro atoms. The van der Waals surface area contributed by atoms with Crippen molar-refractivity contribution in [2.24, 2.45) is 0 Å². The second-order valence-corrected chi connectivity index (χ2v) is 39.8. The van der Waals surface area contributed by atoms with Crippen LogP contribution in [0.1, 0.15) is 74.9 Å². The second-order valence-electron chi connectivity index (χ2n) is 11.0. The molecule has 0 nitrogen and oxygen atoms in total. The summed E-state index contributed by atoms with van der Waals surface area (Å²) in [5.74, 6) is 0. The Labute approximate surface area is 218 Å². The van der Waals surface area contributed by atoms with Crippen molar-refractivity contribution in [3.8, 4) is 0 Å². The van der Waals surface area contributed by atoms with Crippen molar-refractivity contribution in [1.29, 1.82) is 0 Å². The van der Waals surface area contributed by atoms with Crippen LogP contribution in [0.25, 0.3) is 0 Å². The van der Waals surface area contributed by atoms with Crippen LogP contribution >= 0.6 is 17.2 Å². The Bertz CT molecular complexity index is 981. The molecule has 0 aliphatic heterocycles. The molecular formula is C29H42Cl2HfSi-2. The fourth-order valence-electron chi connectivity index (χ4n) is 4.02. The number of aryl methyl sites for hydroxylation is 4. The van der Waals surface area contributed by atoms with Gasteiger partial charge in [0.15, 0.2) is 0 Å². The van der Waals surface area contributed by atoms with Crippen LogP contribution in [-0.4, -0.2) is 5.49 Å². The maximum atomic E-state index is 5.99. The zero-order valence-corrected chi connectivity index (χ0v) is 28.6. The van der Waals surface area contributed by atoms with Gasteiger partial charge in [0.25, 0.3) is 0 Å². The average Bonchev–Trinajstić information content (AvgIpc) is 3.22. The standard InChI is InChI=1S/2C11H17.C7H8Si.2ClH.Hf/c2*1-8-6-9(2)10(7-8)11(3,4)5;1-8-7-5-3-2-4-6-7;;;/h2*6-7H,1-5H3;2-6H,1H3;2*1H;/q2*-1;;;;+2/p-2. The van der Waals surface area contributed by atoms with E-state index in [9.17, 15) is 0 Å². The van der Waals surface area contributed by atoms with Gasteiger partial charge in [0.2, 0.25) is 0 Å². The first-order valence-electron chi connectivity index (χ1n) is 11.6. The molecule has 0 fully saturated rings. The summed E-state index contributed by atoms with van der Waals surface area (Å²) in [5, 5.41) is 1.38. The van der Waals surface area contributed by atoms with Crippen LogP contribution in [0.4, 0.5) is 0 Å². The van der Waals surface area contributed by atoms with Gasteiger partial charge in [-0.15, -0.1) is 0 Å². The third-order valence-electron chi connectivity index (χ3n) is 5.59. The van der Waals surface area contributed by atoms with Crippen molar-refractivity contribution in [3.63, 3.8) is 0 Å². The van der Waals surface area contributed by atoms with Gasteiger partial charge >= 0.3 is 82.4 Å². The van der Waals surface area contributed by atoms with Crippen LogP contribution < -0.4 is 5.19 Å². The predicted octanol–water partition coefficient (Wildman–Crippen LogP) is 9.08. The van der Waals surface area contributed by atoms with E-state index in [-0.39, 0.29) is 0 Å². The minimum absolute atomic E-state index is 0.304. The average molecular weight is 668 g/mol. The summed E-state index contributed by atoms with van der Waals surface area (Å²) in [7, 11) is 12.0. The van der Waals surface area contributed by atoms with Crippen molar-refractivity contribution in [3.05, 3.63) is 88.0 Å². The monoisotopic (exact) mass is 668 g/mol. The molecule has 3 rings (SSSR count). The van der Waals surface area contributed by atoms with Crippen LogP contribution in [0.15, 0.2) is 54.6 Å². The summed E-state index contributed by atoms with van der Waals surface area (Å²) in [4.78, 5) is 0. The van der Waals surface area contributed by atoms with Gasteiger partial charge in [-0.25, -0.2) is 12.1 Å². The van der Waals surface area contributed by atoms with Gasteiger partial charge in [-0.2, -0.15) is 45.5 Å². The minimum Gasteiger partial charge on any atom is -0.207 e. The van der Waals surface area contributed by atoms with E-state index in [4.69, 9.17) is 17.2 Å². The molecule has 0 heterocycles. The van der Waals surface area contributed by atoms with E-state index < -0.39 is 23.2 Å². The zero-order chi connectivity index (χ0) is 25.6. The van der Waals surface area contributed by atoms with Gasteiger partial charge in [0.1, 0.15) is 0 Å². The van der Waals surface area contributed by atoms with Gasteiger partial charge in [-0.1, -0.05) is 80.1 Å². The van der Waals surface area contributed by atoms with E-state index in [2.05, 4.69) is 112 Å². The fourth-order valence-corrected chi connectivity index (χ4v) is 14.4. The molecule has 0 amide bonds. The van der Waals surface area contributed by atoms with Gasteiger partial charge in [0.05, 0.1) is 0 Å². The van der Waals surface area contributed by atoms with Crippen molar-refractivity contribution in [2.75, 3.05) is 0 Å². The first-order chi connectivity index (χ1) is 15.0. The Balaban J connectivity index is 0.000000247. The Morgan fingerprint density at radius 2 is 1.06 bits per heavy atom. The van der Waals surface area contributed by atoms with Crippen molar-refractivity contribution in [2.45, 2.75) is 86.6 Å². The molecule has 182 valence electrons. The second kappa shape index (κ2) is 13.0. The van der Waals surface area contributed by atoms with E-state index in [1.54, 1.807) is 0 Å². The molecule has 3 aromatic rings. The first kappa shape index (κ1) is 30.6. The molecular weight excluding hydrogens is 626 g/mol. The number of hydrogen-bond donors (Lipinski definition) is 0. The molecule has 0 aliphatic rings. The van der Waals surface area contributed by atoms with E-state index in [0.717, 1.165) is 0 Å². The predicted molar refractivity (Wildman–Crippen MR) is 150 cm³/mol. The van der Waals surface area contributed by atoms with Crippen molar-refractivity contribution < 1.29 is 17.7 Å². The van der Waals surface area contributed by atoms with E-state index in [0.29, 0.717) is 10.8 Å². The van der Waals surface area contributed by atoms with Crippen LogP contribution in [0.5, 0.6) is 0 Å². The normalized spacial score (nSPS) is 11.2. The summed E-state index contributed by atoms with van der Waals surface area (Å²) in [6.45, 7) is 24.4. The molecule has 0 aromatic heterocycles. The first-order valence-corrected chi connectivity index (χ1v) is 27.9. The minimum atomic E-state index is -2.10. The maximum Gasteiger partial charge on any atom is -0.0632 e. The fraction of sp³-hybridized carbons (Fsp3) is 0.448. The molecule has 0 N–H and O–H groups in total. The summed E-state index contributed by atoms with van der Waals surface area (Å²) in [6, 6.07) is 19.4. The largest absolute Gasteiger partial charge is 0.207 e. The third-order valence-corrected chi connectivity index (χ3v) is 30.5. The smallest absolute Gasteiger partial charge is 0.0632 e. The molecule has 0 saturated carbocycles. The number of rotatable bonds is 1. The topological polar surface area (TPSA) is 0 Å². The van der Waals surface area contributed by atoms with Crippen molar-refractivity contribution in [1.82, 2.24) is 0 Å². The van der Waals surface area contributed by atoms with Gasteiger partial charge < -0.3 is 0 Å². The Hall–Kier alpha value is -0.413. The van der Waals surface area contributed by atoms with E-state index in [1.165, 1.54) is 38.6 Å². The molecule has 4 heteroatoms. The van der Waals surface area contributed by atoms with Gasteiger partial charge in [-0.05, 0) is 0 Å². The Morgan fingerprint density at radius 1 is 0.697 bits per heavy atom. The number of hydrogen-bond acceptors (Lipinski definition) is 0.